The number of unbranched alkanes of at least 4 members (excludes halogenated alkanes) is 2. The summed E-state index contributed by atoms with van der Waals surface area (Å²) in [4.78, 5) is 27.1. The lowest BCUT2D eigenvalue weighted by Crippen LogP contribution is -2.30. The molecule has 2 aromatic rings. The predicted molar refractivity (Wildman–Crippen MR) is 135 cm³/mol. The quantitative estimate of drug-likeness (QED) is 0.276. The van der Waals surface area contributed by atoms with Crippen LogP contribution in [0.15, 0.2) is 65.4 Å². The van der Waals surface area contributed by atoms with Crippen LogP contribution in [-0.2, 0) is 18.9 Å². The van der Waals surface area contributed by atoms with Crippen LogP contribution < -0.4 is 0 Å². The van der Waals surface area contributed by atoms with Gasteiger partial charge in [0, 0.05) is 7.05 Å². The molecule has 35 heavy (non-hydrogen) atoms. The topological polar surface area (TPSA) is 74.3 Å². The molecule has 188 valence electrons. The van der Waals surface area contributed by atoms with Crippen molar-refractivity contribution in [3.8, 4) is 0 Å². The molecule has 0 unspecified atom stereocenters. The Hall–Kier alpha value is -3.48. The maximum absolute atomic E-state index is 12.6. The lowest BCUT2D eigenvalue weighted by atomic mass is 9.87. The van der Waals surface area contributed by atoms with E-state index in [1.54, 1.807) is 0 Å². The first-order valence-corrected chi connectivity index (χ1v) is 12.2. The van der Waals surface area contributed by atoms with Crippen LogP contribution in [-0.4, -0.2) is 37.5 Å². The zero-order valence-corrected chi connectivity index (χ0v) is 21.3. The normalized spacial score (nSPS) is 14.4. The van der Waals surface area contributed by atoms with E-state index in [0.717, 1.165) is 53.4 Å². The molecule has 2 aromatic carbocycles. The standard InChI is InChI=1S/C28H35NO6/c1-6-8-17-32-27(30)34-25-19(3)29(5)20(4)26(35-28(31)33-18-9-7-2)24(25)23-16-12-14-21-13-10-11-15-22(21)23/h10-16,24H,6-9,17-18H2,1-5H3. The first-order valence-electron chi connectivity index (χ1n) is 12.2. The van der Waals surface area contributed by atoms with E-state index in [1.807, 2.05) is 82.1 Å². The molecule has 0 bridgehead atoms. The lowest BCUT2D eigenvalue weighted by Gasteiger charge is -2.35. The van der Waals surface area contributed by atoms with Crippen LogP contribution >= 0.6 is 0 Å². The molecule has 1 aliphatic heterocycles. The summed E-state index contributed by atoms with van der Waals surface area (Å²) in [6.07, 6.45) is 1.73. The van der Waals surface area contributed by atoms with Gasteiger partial charge in [-0.2, -0.15) is 0 Å². The van der Waals surface area contributed by atoms with Gasteiger partial charge in [-0.3, -0.25) is 0 Å². The van der Waals surface area contributed by atoms with Gasteiger partial charge < -0.3 is 23.8 Å². The van der Waals surface area contributed by atoms with E-state index in [2.05, 4.69) is 0 Å². The van der Waals surface area contributed by atoms with Gasteiger partial charge in [-0.15, -0.1) is 0 Å². The van der Waals surface area contributed by atoms with E-state index in [9.17, 15) is 9.59 Å². The molecule has 1 heterocycles. The van der Waals surface area contributed by atoms with Gasteiger partial charge in [0.2, 0.25) is 0 Å². The first-order chi connectivity index (χ1) is 16.9. The molecule has 3 rings (SSSR count). The van der Waals surface area contributed by atoms with Crippen LogP contribution in [0.25, 0.3) is 10.8 Å². The van der Waals surface area contributed by atoms with Gasteiger partial charge in [-0.25, -0.2) is 9.59 Å². The average Bonchev–Trinajstić information content (AvgIpc) is 2.86. The molecule has 0 radical (unpaired) electrons. The van der Waals surface area contributed by atoms with Crippen molar-refractivity contribution in [2.45, 2.75) is 59.3 Å². The van der Waals surface area contributed by atoms with Crippen molar-refractivity contribution in [2.75, 3.05) is 20.3 Å². The molecule has 0 spiro atoms. The Labute approximate surface area is 207 Å². The Morgan fingerprint density at radius 2 is 1.31 bits per heavy atom. The van der Waals surface area contributed by atoms with Gasteiger partial charge in [-0.1, -0.05) is 69.2 Å². The monoisotopic (exact) mass is 481 g/mol. The molecular formula is C28H35NO6. The van der Waals surface area contributed by atoms with Crippen molar-refractivity contribution in [1.29, 1.82) is 0 Å². The Bertz CT molecular complexity index is 1070. The summed E-state index contributed by atoms with van der Waals surface area (Å²) < 4.78 is 22.2. The first kappa shape index (κ1) is 26.1. The fraction of sp³-hybridized carbons (Fsp3) is 0.429. The molecule has 0 aromatic heterocycles. The van der Waals surface area contributed by atoms with E-state index in [4.69, 9.17) is 18.9 Å². The van der Waals surface area contributed by atoms with Crippen LogP contribution in [0, 0.1) is 0 Å². The van der Waals surface area contributed by atoms with Crippen molar-refractivity contribution >= 4 is 23.1 Å². The summed E-state index contributed by atoms with van der Waals surface area (Å²) >= 11 is 0. The van der Waals surface area contributed by atoms with Crippen LogP contribution in [0.1, 0.15) is 64.9 Å². The van der Waals surface area contributed by atoms with E-state index in [1.165, 1.54) is 0 Å². The van der Waals surface area contributed by atoms with Gasteiger partial charge in [-0.05, 0) is 43.0 Å². The number of carbonyl (C=O) groups excluding carboxylic acids is 2. The summed E-state index contributed by atoms with van der Waals surface area (Å²) in [5, 5.41) is 1.99. The van der Waals surface area contributed by atoms with Crippen LogP contribution in [0.2, 0.25) is 0 Å². The van der Waals surface area contributed by atoms with E-state index >= 15 is 0 Å². The van der Waals surface area contributed by atoms with E-state index in [-0.39, 0.29) is 13.2 Å². The summed E-state index contributed by atoms with van der Waals surface area (Å²) in [5.74, 6) is 0.0642. The maximum Gasteiger partial charge on any atom is 0.513 e. The van der Waals surface area contributed by atoms with Crippen molar-refractivity contribution in [1.82, 2.24) is 4.90 Å². The summed E-state index contributed by atoms with van der Waals surface area (Å²) in [6.45, 7) is 8.33. The molecule has 7 nitrogen and oxygen atoms in total. The second-order valence-corrected chi connectivity index (χ2v) is 8.57. The number of nitrogens with zero attached hydrogens (tertiary/aromatic N) is 1. The molecule has 0 atom stereocenters. The number of fused-ring (bicyclic) bond motifs is 1. The van der Waals surface area contributed by atoms with Gasteiger partial charge >= 0.3 is 12.3 Å². The van der Waals surface area contributed by atoms with Crippen LogP contribution in [0.3, 0.4) is 0 Å². The number of benzene rings is 2. The number of rotatable bonds is 9. The molecular weight excluding hydrogens is 446 g/mol. The highest BCUT2D eigenvalue weighted by atomic mass is 16.7. The van der Waals surface area contributed by atoms with Crippen molar-refractivity contribution in [3.05, 3.63) is 70.9 Å². The van der Waals surface area contributed by atoms with Crippen LogP contribution in [0.4, 0.5) is 9.59 Å². The second-order valence-electron chi connectivity index (χ2n) is 8.57. The highest BCUT2D eigenvalue weighted by Gasteiger charge is 2.38. The molecule has 0 amide bonds. The van der Waals surface area contributed by atoms with Gasteiger partial charge in [0.25, 0.3) is 0 Å². The molecule has 0 saturated heterocycles. The second kappa shape index (κ2) is 12.3. The molecule has 0 saturated carbocycles. The number of carbonyl (C=O) groups is 2. The van der Waals surface area contributed by atoms with Crippen molar-refractivity contribution in [3.63, 3.8) is 0 Å². The zero-order chi connectivity index (χ0) is 25.4. The van der Waals surface area contributed by atoms with Gasteiger partial charge in [0.15, 0.2) is 0 Å². The highest BCUT2D eigenvalue weighted by Crippen LogP contribution is 2.44. The van der Waals surface area contributed by atoms with Crippen LogP contribution in [0.5, 0.6) is 0 Å². The smallest absolute Gasteiger partial charge is 0.434 e. The fourth-order valence-corrected chi connectivity index (χ4v) is 4.01. The third-order valence-electron chi connectivity index (χ3n) is 6.20. The predicted octanol–water partition coefficient (Wildman–Crippen LogP) is 7.24. The SMILES string of the molecule is CCCCOC(=O)OC1=C(C)N(C)C(C)=C(OC(=O)OCCCC)C1c1cccc2ccccc12. The van der Waals surface area contributed by atoms with E-state index in [0.29, 0.717) is 11.5 Å². The number of hydrogen-bond acceptors (Lipinski definition) is 7. The van der Waals surface area contributed by atoms with Gasteiger partial charge in [0.1, 0.15) is 17.4 Å². The minimum Gasteiger partial charge on any atom is -0.434 e. The Balaban J connectivity index is 2.07. The van der Waals surface area contributed by atoms with Gasteiger partial charge in [0.05, 0.1) is 24.6 Å². The Kier molecular flexibility index (Phi) is 9.18. The number of hydrogen-bond donors (Lipinski definition) is 0. The minimum absolute atomic E-state index is 0.276. The summed E-state index contributed by atoms with van der Waals surface area (Å²) in [5.41, 5.74) is 2.29. The number of allylic oxidation sites excluding steroid dienone is 2. The van der Waals surface area contributed by atoms with E-state index < -0.39 is 18.2 Å². The Morgan fingerprint density at radius 1 is 0.800 bits per heavy atom. The average molecular weight is 482 g/mol. The Morgan fingerprint density at radius 3 is 1.86 bits per heavy atom. The fourth-order valence-electron chi connectivity index (χ4n) is 4.01. The van der Waals surface area contributed by atoms with Crippen molar-refractivity contribution < 1.29 is 28.5 Å². The summed E-state index contributed by atoms with van der Waals surface area (Å²) in [7, 11) is 1.83. The zero-order valence-electron chi connectivity index (χ0n) is 21.3. The number of ether oxygens (including phenoxy) is 4. The molecule has 1 aliphatic rings. The maximum atomic E-state index is 12.6. The lowest BCUT2D eigenvalue weighted by molar-refractivity contribution is 0.0572. The van der Waals surface area contributed by atoms with Crippen molar-refractivity contribution in [2.24, 2.45) is 0 Å². The summed E-state index contributed by atoms with van der Waals surface area (Å²) in [6, 6.07) is 13.8. The molecule has 0 aliphatic carbocycles. The third kappa shape index (κ3) is 6.15. The third-order valence-corrected chi connectivity index (χ3v) is 6.20. The highest BCUT2D eigenvalue weighted by molar-refractivity contribution is 5.87. The largest absolute Gasteiger partial charge is 0.513 e. The molecule has 0 N–H and O–H groups in total. The minimum atomic E-state index is -0.782. The molecule has 0 fully saturated rings. The molecule has 7 heteroatoms.